The standard InChI is InChI=1S/C12H10FN5O6/c13-8-6-15-12(20)16(11(8)19)4-3-14-9-2-1-7(17(21)22)5-10(9)18(23)24/h1-2,5-6,14H,3-4H2,(H,15,20). The molecular weight excluding hydrogens is 329 g/mol. The first-order valence-electron chi connectivity index (χ1n) is 6.46. The maximum Gasteiger partial charge on any atom is 0.328 e. The van der Waals surface area contributed by atoms with Crippen molar-refractivity contribution in [3.8, 4) is 0 Å². The highest BCUT2D eigenvalue weighted by Gasteiger charge is 2.19. The van der Waals surface area contributed by atoms with Crippen molar-refractivity contribution in [3.63, 3.8) is 0 Å². The first-order chi connectivity index (χ1) is 11.3. The number of non-ortho nitro benzene ring substituents is 1. The highest BCUT2D eigenvalue weighted by molar-refractivity contribution is 5.65. The van der Waals surface area contributed by atoms with Crippen LogP contribution in [-0.4, -0.2) is 25.9 Å². The molecule has 0 saturated carbocycles. The van der Waals surface area contributed by atoms with Gasteiger partial charge < -0.3 is 10.3 Å². The maximum absolute atomic E-state index is 13.1. The molecule has 1 aromatic carbocycles. The molecule has 11 nitrogen and oxygen atoms in total. The van der Waals surface area contributed by atoms with Crippen LogP contribution in [0, 0.1) is 26.0 Å². The third kappa shape index (κ3) is 3.43. The van der Waals surface area contributed by atoms with E-state index in [0.29, 0.717) is 10.8 Å². The van der Waals surface area contributed by atoms with Crippen LogP contribution in [0.2, 0.25) is 0 Å². The van der Waals surface area contributed by atoms with Crippen LogP contribution < -0.4 is 16.6 Å². The summed E-state index contributed by atoms with van der Waals surface area (Å²) < 4.78 is 13.7. The molecule has 126 valence electrons. The Morgan fingerprint density at radius 3 is 2.54 bits per heavy atom. The predicted molar refractivity (Wildman–Crippen MR) is 79.5 cm³/mol. The largest absolute Gasteiger partial charge is 0.378 e. The summed E-state index contributed by atoms with van der Waals surface area (Å²) in [7, 11) is 0. The molecule has 12 heteroatoms. The molecule has 0 aliphatic carbocycles. The summed E-state index contributed by atoms with van der Waals surface area (Å²) in [6, 6.07) is 2.98. The minimum atomic E-state index is -1.14. The fraction of sp³-hybridized carbons (Fsp3) is 0.167. The summed E-state index contributed by atoms with van der Waals surface area (Å²) in [6.07, 6.45) is 0.635. The molecule has 1 heterocycles. The fourth-order valence-corrected chi connectivity index (χ4v) is 1.93. The van der Waals surface area contributed by atoms with E-state index in [1.165, 1.54) is 0 Å². The zero-order chi connectivity index (χ0) is 17.9. The summed E-state index contributed by atoms with van der Waals surface area (Å²) >= 11 is 0. The van der Waals surface area contributed by atoms with Gasteiger partial charge in [-0.15, -0.1) is 0 Å². The van der Waals surface area contributed by atoms with Crippen LogP contribution in [0.1, 0.15) is 0 Å². The van der Waals surface area contributed by atoms with Gasteiger partial charge in [0.2, 0.25) is 5.82 Å². The average Bonchev–Trinajstić information content (AvgIpc) is 2.54. The van der Waals surface area contributed by atoms with Crippen molar-refractivity contribution in [1.29, 1.82) is 0 Å². The molecule has 0 atom stereocenters. The second kappa shape index (κ2) is 6.68. The molecule has 0 spiro atoms. The van der Waals surface area contributed by atoms with Crippen LogP contribution in [0.5, 0.6) is 0 Å². The Morgan fingerprint density at radius 1 is 1.21 bits per heavy atom. The van der Waals surface area contributed by atoms with Gasteiger partial charge in [-0.2, -0.15) is 4.39 Å². The van der Waals surface area contributed by atoms with E-state index in [-0.39, 0.29) is 18.8 Å². The topological polar surface area (TPSA) is 153 Å². The van der Waals surface area contributed by atoms with Crippen molar-refractivity contribution in [2.24, 2.45) is 0 Å². The van der Waals surface area contributed by atoms with Gasteiger partial charge in [0.25, 0.3) is 16.9 Å². The van der Waals surface area contributed by atoms with Crippen LogP contribution >= 0.6 is 0 Å². The van der Waals surface area contributed by atoms with Crippen LogP contribution in [0.25, 0.3) is 0 Å². The molecule has 0 aliphatic rings. The number of hydrogen-bond donors (Lipinski definition) is 2. The molecule has 0 amide bonds. The summed E-state index contributed by atoms with van der Waals surface area (Å²) in [6.45, 7) is -0.384. The van der Waals surface area contributed by atoms with E-state index in [2.05, 4.69) is 5.32 Å². The quantitative estimate of drug-likeness (QED) is 0.577. The van der Waals surface area contributed by atoms with Crippen molar-refractivity contribution in [3.05, 3.63) is 71.3 Å². The second-order valence-electron chi connectivity index (χ2n) is 4.54. The minimum absolute atomic E-state index is 0.0357. The number of nitro benzene ring substituents is 2. The number of aromatic nitrogens is 2. The number of anilines is 1. The fourth-order valence-electron chi connectivity index (χ4n) is 1.93. The van der Waals surface area contributed by atoms with Gasteiger partial charge in [-0.25, -0.2) is 4.79 Å². The lowest BCUT2D eigenvalue weighted by atomic mass is 10.2. The smallest absolute Gasteiger partial charge is 0.328 e. The first-order valence-corrected chi connectivity index (χ1v) is 6.46. The number of H-pyrrole nitrogens is 1. The average molecular weight is 339 g/mol. The number of nitrogens with zero attached hydrogens (tertiary/aromatic N) is 3. The van der Waals surface area contributed by atoms with E-state index in [9.17, 15) is 34.2 Å². The lowest BCUT2D eigenvalue weighted by Crippen LogP contribution is -2.38. The monoisotopic (exact) mass is 339 g/mol. The van der Waals surface area contributed by atoms with E-state index in [1.54, 1.807) is 0 Å². The van der Waals surface area contributed by atoms with Gasteiger partial charge in [0, 0.05) is 25.4 Å². The van der Waals surface area contributed by atoms with Crippen LogP contribution in [-0.2, 0) is 6.54 Å². The highest BCUT2D eigenvalue weighted by atomic mass is 19.1. The maximum atomic E-state index is 13.1. The Balaban J connectivity index is 2.20. The molecule has 2 aromatic rings. The van der Waals surface area contributed by atoms with Crippen molar-refractivity contribution in [2.45, 2.75) is 6.54 Å². The highest BCUT2D eigenvalue weighted by Crippen LogP contribution is 2.28. The van der Waals surface area contributed by atoms with Crippen LogP contribution in [0.4, 0.5) is 21.5 Å². The van der Waals surface area contributed by atoms with E-state index in [0.717, 1.165) is 18.2 Å². The molecule has 0 radical (unpaired) electrons. The number of hydrogen-bond acceptors (Lipinski definition) is 7. The lowest BCUT2D eigenvalue weighted by molar-refractivity contribution is -0.393. The van der Waals surface area contributed by atoms with Gasteiger partial charge in [0.15, 0.2) is 0 Å². The summed E-state index contributed by atoms with van der Waals surface area (Å²) in [5.74, 6) is -1.14. The van der Waals surface area contributed by atoms with Crippen LogP contribution in [0.15, 0.2) is 34.0 Å². The van der Waals surface area contributed by atoms with E-state index in [4.69, 9.17) is 0 Å². The van der Waals surface area contributed by atoms with Crippen molar-refractivity contribution in [1.82, 2.24) is 9.55 Å². The van der Waals surface area contributed by atoms with Gasteiger partial charge in [-0.05, 0) is 6.07 Å². The normalized spacial score (nSPS) is 10.4. The number of rotatable bonds is 6. The number of halogens is 1. The molecule has 2 N–H and O–H groups in total. The Morgan fingerprint density at radius 2 is 1.92 bits per heavy atom. The van der Waals surface area contributed by atoms with Crippen molar-refractivity contribution < 1.29 is 14.2 Å². The van der Waals surface area contributed by atoms with E-state index >= 15 is 0 Å². The lowest BCUT2D eigenvalue weighted by Gasteiger charge is -2.08. The summed E-state index contributed by atoms with van der Waals surface area (Å²) in [5.41, 5.74) is -2.98. The predicted octanol–water partition coefficient (Wildman–Crippen LogP) is 0.604. The third-order valence-corrected chi connectivity index (χ3v) is 3.06. The summed E-state index contributed by atoms with van der Waals surface area (Å²) in [4.78, 5) is 45.0. The van der Waals surface area contributed by atoms with Gasteiger partial charge in [0.1, 0.15) is 5.69 Å². The number of nitrogens with one attached hydrogen (secondary N) is 2. The Labute approximate surface area is 131 Å². The minimum Gasteiger partial charge on any atom is -0.378 e. The zero-order valence-electron chi connectivity index (χ0n) is 11.9. The van der Waals surface area contributed by atoms with Gasteiger partial charge in [-0.3, -0.25) is 29.6 Å². The van der Waals surface area contributed by atoms with Gasteiger partial charge in [-0.1, -0.05) is 0 Å². The molecular formula is C12H10FN5O6. The van der Waals surface area contributed by atoms with Gasteiger partial charge in [0.05, 0.1) is 15.9 Å². The number of aromatic amines is 1. The summed E-state index contributed by atoms with van der Waals surface area (Å²) in [5, 5.41) is 24.2. The molecule has 0 saturated heterocycles. The number of benzene rings is 1. The van der Waals surface area contributed by atoms with Crippen LogP contribution in [0.3, 0.4) is 0 Å². The van der Waals surface area contributed by atoms with Crippen molar-refractivity contribution in [2.75, 3.05) is 11.9 Å². The SMILES string of the molecule is O=c1[nH]cc(F)c(=O)n1CCNc1ccc([N+](=O)[O-])cc1[N+](=O)[O-]. The zero-order valence-corrected chi connectivity index (χ0v) is 11.9. The van der Waals surface area contributed by atoms with Crippen molar-refractivity contribution >= 4 is 17.1 Å². The molecule has 0 bridgehead atoms. The van der Waals surface area contributed by atoms with Gasteiger partial charge >= 0.3 is 5.69 Å². The molecule has 1 aromatic heterocycles. The van der Waals surface area contributed by atoms with E-state index < -0.39 is 38.3 Å². The molecule has 2 rings (SSSR count). The molecule has 24 heavy (non-hydrogen) atoms. The second-order valence-corrected chi connectivity index (χ2v) is 4.54. The Hall–Kier alpha value is -3.57. The molecule has 0 fully saturated rings. The Bertz CT molecular complexity index is 921. The molecule has 0 unspecified atom stereocenters. The van der Waals surface area contributed by atoms with E-state index in [1.807, 2.05) is 4.98 Å². The first kappa shape index (κ1) is 16.8. The number of nitro groups is 2. The molecule has 0 aliphatic heterocycles. The Kier molecular flexibility index (Phi) is 4.68. The third-order valence-electron chi connectivity index (χ3n) is 3.06.